The van der Waals surface area contributed by atoms with Crippen molar-refractivity contribution in [3.05, 3.63) is 109 Å². The smallest absolute Gasteiger partial charge is 0.200 e. The largest absolute Gasteiger partial charge is 0.410 e. The van der Waals surface area contributed by atoms with Crippen LogP contribution in [0.5, 0.6) is 0 Å². The zero-order chi connectivity index (χ0) is 59.2. The van der Waals surface area contributed by atoms with Gasteiger partial charge in [-0.3, -0.25) is 0 Å². The lowest BCUT2D eigenvalue weighted by Crippen LogP contribution is -2.67. The summed E-state index contributed by atoms with van der Waals surface area (Å²) in [5.41, 5.74) is 0.463. The molecule has 0 radical (unpaired) electrons. The van der Waals surface area contributed by atoms with Crippen molar-refractivity contribution >= 4 is 29.9 Å². The van der Waals surface area contributed by atoms with E-state index in [-0.39, 0.29) is 79.2 Å². The van der Waals surface area contributed by atoms with Crippen LogP contribution >= 0.6 is 0 Å². The first-order valence-electron chi connectivity index (χ1n) is 32.5. The van der Waals surface area contributed by atoms with E-state index in [1.807, 2.05) is 19.9 Å². The van der Waals surface area contributed by atoms with Gasteiger partial charge < -0.3 is 56.5 Å². The highest BCUT2D eigenvalue weighted by molar-refractivity contribution is 6.77. The minimum atomic E-state index is -2.48. The molecule has 0 unspecified atom stereocenters. The molecule has 4 aromatic rings. The van der Waals surface area contributed by atoms with Crippen molar-refractivity contribution in [2.24, 2.45) is 5.92 Å². The van der Waals surface area contributed by atoms with Crippen LogP contribution in [-0.2, 0) is 69.7 Å². The average molecular weight is 1170 g/mol. The van der Waals surface area contributed by atoms with Crippen LogP contribution in [-0.4, -0.2) is 122 Å². The normalized spacial score (nSPS) is 40.0. The minimum Gasteiger partial charge on any atom is -0.410 e. The third-order valence-corrected chi connectivity index (χ3v) is 27.9. The van der Waals surface area contributed by atoms with Crippen LogP contribution in [0.4, 0.5) is 0 Å². The summed E-state index contributed by atoms with van der Waals surface area (Å²) < 4.78 is 87.9. The Morgan fingerprint density at radius 2 is 1.14 bits per heavy atom. The van der Waals surface area contributed by atoms with Gasteiger partial charge in [-0.2, -0.15) is 0 Å². The van der Waals surface area contributed by atoms with E-state index < -0.39 is 42.3 Å². The third kappa shape index (κ3) is 11.5. The van der Waals surface area contributed by atoms with Crippen molar-refractivity contribution in [3.8, 4) is 0 Å². The van der Waals surface area contributed by atoms with Crippen molar-refractivity contribution in [2.75, 3.05) is 6.61 Å². The fourth-order valence-electron chi connectivity index (χ4n) is 17.3. The molecule has 1 spiro atoms. The molecule has 0 saturated carbocycles. The first kappa shape index (κ1) is 61.1. The molecule has 8 fully saturated rings. The van der Waals surface area contributed by atoms with Crippen molar-refractivity contribution < 1.29 is 56.5 Å². The van der Waals surface area contributed by atoms with Crippen LogP contribution in [0.25, 0.3) is 21.5 Å². The Morgan fingerprint density at radius 3 is 1.76 bits per heavy atom. The standard InChI is InChI=1S/C71H100O12Si/c1-15-20-62(72-41-48-25-27-50-21-16-18-23-52(50)35-48)69(13)64(81-84(44(2)3,45(4)5)46(6)7)39-58-59(78-69)34-47(8)33-54-55(76-58)37-56-57(75-54)38-63(73-42-49-26-28-51-22-17-19-24-53(51)36-49)70(14)65(77-56)40-68(12)61(79-70)30-29-60-67(11,83-68)31-32-71(80-60)43-74-66(9,10)82-71/h15-19,21-28,35-36,44-47,54-65H,1,20,29-34,37-43H2,2-14H3/t47-,54+,55-,56+,57-,58+,59-,60+,61-,62-,63+,64-,65-,67-,68+,69+,70+,71-/m1/s1. The molecule has 0 aromatic heterocycles. The van der Waals surface area contributed by atoms with Gasteiger partial charge in [0.2, 0.25) is 8.32 Å². The number of benzene rings is 4. The van der Waals surface area contributed by atoms with Gasteiger partial charge in [0.1, 0.15) is 17.8 Å². The third-order valence-electron chi connectivity index (χ3n) is 21.8. The molecule has 18 atom stereocenters. The van der Waals surface area contributed by atoms with Crippen molar-refractivity contribution in [2.45, 2.75) is 298 Å². The second-order valence-corrected chi connectivity index (χ2v) is 34.6. The van der Waals surface area contributed by atoms with E-state index in [0.29, 0.717) is 75.0 Å². The zero-order valence-electron chi connectivity index (χ0n) is 52.9. The van der Waals surface area contributed by atoms with Crippen LogP contribution in [0.15, 0.2) is 97.6 Å². The Bertz CT molecular complexity index is 2950. The number of hydrogen-bond donors (Lipinski definition) is 0. The van der Waals surface area contributed by atoms with E-state index in [1.165, 1.54) is 21.5 Å². The number of hydrogen-bond acceptors (Lipinski definition) is 12. The molecule has 13 heteroatoms. The van der Waals surface area contributed by atoms with Gasteiger partial charge in [0, 0.05) is 32.1 Å². The van der Waals surface area contributed by atoms with Gasteiger partial charge in [-0.15, -0.1) is 6.58 Å². The molecule has 0 N–H and O–H groups in total. The van der Waals surface area contributed by atoms with Crippen LogP contribution in [0.2, 0.25) is 16.6 Å². The summed E-state index contributed by atoms with van der Waals surface area (Å²) in [4.78, 5) is 0. The molecule has 0 bridgehead atoms. The second-order valence-electron chi connectivity index (χ2n) is 29.2. The van der Waals surface area contributed by atoms with Crippen molar-refractivity contribution in [1.82, 2.24) is 0 Å². The Balaban J connectivity index is 0.840. The van der Waals surface area contributed by atoms with E-state index in [4.69, 9.17) is 56.5 Å². The van der Waals surface area contributed by atoms with Gasteiger partial charge in [-0.1, -0.05) is 127 Å². The Hall–Kier alpha value is -3.12. The van der Waals surface area contributed by atoms with Gasteiger partial charge >= 0.3 is 0 Å². The van der Waals surface area contributed by atoms with Crippen LogP contribution < -0.4 is 0 Å². The molecule has 4 aromatic carbocycles. The molecular formula is C71H100O12Si. The number of ether oxygens (including phenoxy) is 11. The van der Waals surface area contributed by atoms with Crippen LogP contribution in [0.1, 0.15) is 172 Å². The fourth-order valence-corrected chi connectivity index (χ4v) is 22.9. The van der Waals surface area contributed by atoms with E-state index >= 15 is 0 Å². The summed E-state index contributed by atoms with van der Waals surface area (Å²) in [5, 5.41) is 4.83. The predicted octanol–water partition coefficient (Wildman–Crippen LogP) is 15.2. The Labute approximate surface area is 503 Å². The van der Waals surface area contributed by atoms with E-state index in [0.717, 1.165) is 43.2 Å². The molecule has 0 amide bonds. The van der Waals surface area contributed by atoms with Gasteiger partial charge in [-0.25, -0.2) is 0 Å². The summed E-state index contributed by atoms with van der Waals surface area (Å²) >= 11 is 0. The van der Waals surface area contributed by atoms with E-state index in [2.05, 4.69) is 168 Å². The maximum Gasteiger partial charge on any atom is 0.200 e. The van der Waals surface area contributed by atoms with E-state index in [9.17, 15) is 0 Å². The lowest BCUT2D eigenvalue weighted by atomic mass is 9.76. The van der Waals surface area contributed by atoms with Gasteiger partial charge in [0.15, 0.2) is 11.6 Å². The van der Waals surface area contributed by atoms with E-state index in [1.54, 1.807) is 0 Å². The summed E-state index contributed by atoms with van der Waals surface area (Å²) in [6, 6.07) is 30.3. The first-order chi connectivity index (χ1) is 39.9. The van der Waals surface area contributed by atoms with Crippen LogP contribution in [0, 0.1) is 5.92 Å². The lowest BCUT2D eigenvalue weighted by Gasteiger charge is -2.57. The molecule has 8 aliphatic heterocycles. The maximum absolute atomic E-state index is 8.00. The Morgan fingerprint density at radius 1 is 0.583 bits per heavy atom. The predicted molar refractivity (Wildman–Crippen MR) is 330 cm³/mol. The fraction of sp³-hybridized carbons (Fsp3) is 0.690. The molecule has 8 aliphatic rings. The SMILES string of the molecule is C=CC[C@@H](OCc1ccc2ccccc2c1)[C@]1(C)O[C@@H]2C[C@H](C)C[C@@H]3O[C@@H]4C[C@H](OCc5ccc6ccccc6c5)[C@]5(C)O[C@@H]6CC[C@@H]7O[C@@]8(CC[C@@]7(C)O[C@@]6(C)C[C@H]5O[C@H]4C[C@H]3O[C@H]2C[C@H]1O[Si](C(C)C)(C(C)C)C(C)C)COC(C)(C)O8. The molecule has 460 valence electrons. The molecule has 12 nitrogen and oxygen atoms in total. The molecule has 8 heterocycles. The molecule has 84 heavy (non-hydrogen) atoms. The highest BCUT2D eigenvalue weighted by Gasteiger charge is 2.66. The number of rotatable bonds is 14. The average Bonchev–Trinajstić information content (AvgIpc) is 1.77. The summed E-state index contributed by atoms with van der Waals surface area (Å²) in [7, 11) is -2.48. The molecule has 12 rings (SSSR count). The minimum absolute atomic E-state index is 0.152. The van der Waals surface area contributed by atoms with Crippen LogP contribution in [0.3, 0.4) is 0 Å². The topological polar surface area (TPSA) is 111 Å². The Kier molecular flexibility index (Phi) is 17.0. The number of fused-ring (bicyclic) bond motifs is 8. The summed E-state index contributed by atoms with van der Waals surface area (Å²) in [6.45, 7) is 35.1. The molecule has 8 saturated heterocycles. The highest BCUT2D eigenvalue weighted by Crippen LogP contribution is 2.56. The van der Waals surface area contributed by atoms with Crippen molar-refractivity contribution in [1.29, 1.82) is 0 Å². The highest BCUT2D eigenvalue weighted by atomic mass is 28.4. The zero-order valence-corrected chi connectivity index (χ0v) is 53.9. The quantitative estimate of drug-likeness (QED) is 0.0885. The first-order valence-corrected chi connectivity index (χ1v) is 34.6. The monoisotopic (exact) mass is 1170 g/mol. The van der Waals surface area contributed by atoms with Crippen molar-refractivity contribution in [3.63, 3.8) is 0 Å². The summed E-state index contributed by atoms with van der Waals surface area (Å²) in [5.74, 6) is -1.22. The summed E-state index contributed by atoms with van der Waals surface area (Å²) in [6.07, 6.45) is 6.66. The van der Waals surface area contributed by atoms with Gasteiger partial charge in [-0.05, 0) is 147 Å². The van der Waals surface area contributed by atoms with Gasteiger partial charge in [0.05, 0.1) is 97.7 Å². The maximum atomic E-state index is 8.00. The van der Waals surface area contributed by atoms with Gasteiger partial charge in [0.25, 0.3) is 0 Å². The molecular weight excluding hydrogens is 1070 g/mol. The second kappa shape index (κ2) is 23.4. The lowest BCUT2D eigenvalue weighted by molar-refractivity contribution is -0.350. The molecule has 0 aliphatic carbocycles.